The number of halogens is 1. The molecule has 0 unspecified atom stereocenters. The van der Waals surface area contributed by atoms with E-state index in [0.29, 0.717) is 12.1 Å². The zero-order valence-corrected chi connectivity index (χ0v) is 14.5. The minimum atomic E-state index is -0.389. The number of hydrogen-bond acceptors (Lipinski definition) is 3. The van der Waals surface area contributed by atoms with E-state index in [4.69, 9.17) is 0 Å². The number of aryl methyl sites for hydroxylation is 1. The van der Waals surface area contributed by atoms with Gasteiger partial charge >= 0.3 is 0 Å². The summed E-state index contributed by atoms with van der Waals surface area (Å²) in [5.41, 5.74) is 2.92. The Hall–Kier alpha value is -2.40. The molecule has 0 spiro atoms. The van der Waals surface area contributed by atoms with Crippen LogP contribution in [0, 0.1) is 12.7 Å². The predicted molar refractivity (Wildman–Crippen MR) is 98.6 cm³/mol. The smallest absolute Gasteiger partial charge is 0.251 e. The molecule has 0 aliphatic carbocycles. The van der Waals surface area contributed by atoms with Crippen LogP contribution >= 0.6 is 0 Å². The molecule has 0 atom stereocenters. The van der Waals surface area contributed by atoms with Crippen molar-refractivity contribution in [2.75, 3.05) is 44.2 Å². The van der Waals surface area contributed by atoms with Gasteiger partial charge in [-0.15, -0.1) is 0 Å². The Balaban J connectivity index is 1.41. The average Bonchev–Trinajstić information content (AvgIpc) is 2.62. The number of amides is 1. The van der Waals surface area contributed by atoms with E-state index in [1.165, 1.54) is 23.4 Å². The Kier molecular flexibility index (Phi) is 5.66. The Labute approximate surface area is 148 Å². The second kappa shape index (κ2) is 8.12. The van der Waals surface area contributed by atoms with E-state index >= 15 is 0 Å². The van der Waals surface area contributed by atoms with Crippen LogP contribution in [0.5, 0.6) is 0 Å². The lowest BCUT2D eigenvalue weighted by atomic mass is 10.2. The maximum Gasteiger partial charge on any atom is 0.251 e. The molecule has 1 N–H and O–H groups in total. The monoisotopic (exact) mass is 341 g/mol. The third kappa shape index (κ3) is 4.79. The highest BCUT2D eigenvalue weighted by Crippen LogP contribution is 2.17. The fraction of sp³-hybridized carbons (Fsp3) is 0.350. The van der Waals surface area contributed by atoms with Crippen LogP contribution in [-0.4, -0.2) is 50.1 Å². The molecule has 0 saturated carbocycles. The molecule has 1 saturated heterocycles. The number of hydrogen-bond donors (Lipinski definition) is 1. The van der Waals surface area contributed by atoms with Crippen LogP contribution in [0.3, 0.4) is 0 Å². The summed E-state index contributed by atoms with van der Waals surface area (Å²) >= 11 is 0. The number of rotatable bonds is 5. The molecule has 0 aromatic heterocycles. The lowest BCUT2D eigenvalue weighted by Gasteiger charge is -2.36. The van der Waals surface area contributed by atoms with Crippen LogP contribution in [0.4, 0.5) is 10.1 Å². The number of benzene rings is 2. The average molecular weight is 341 g/mol. The third-order valence-electron chi connectivity index (χ3n) is 4.54. The van der Waals surface area contributed by atoms with Crippen molar-refractivity contribution in [1.29, 1.82) is 0 Å². The van der Waals surface area contributed by atoms with E-state index in [1.54, 1.807) is 12.1 Å². The van der Waals surface area contributed by atoms with Gasteiger partial charge in [-0.3, -0.25) is 9.69 Å². The highest BCUT2D eigenvalue weighted by Gasteiger charge is 2.17. The molecule has 5 heteroatoms. The molecule has 1 amide bonds. The Morgan fingerprint density at radius 3 is 2.56 bits per heavy atom. The van der Waals surface area contributed by atoms with Gasteiger partial charge in [0.15, 0.2) is 0 Å². The lowest BCUT2D eigenvalue weighted by molar-refractivity contribution is 0.0947. The number of nitrogens with one attached hydrogen (secondary N) is 1. The number of carbonyl (C=O) groups is 1. The van der Waals surface area contributed by atoms with E-state index < -0.39 is 0 Å². The highest BCUT2D eigenvalue weighted by molar-refractivity contribution is 5.94. The number of piperazine rings is 1. The molecule has 25 heavy (non-hydrogen) atoms. The summed E-state index contributed by atoms with van der Waals surface area (Å²) in [7, 11) is 0. The molecule has 2 aromatic rings. The quantitative estimate of drug-likeness (QED) is 0.908. The summed E-state index contributed by atoms with van der Waals surface area (Å²) in [6, 6.07) is 14.4. The molecule has 1 aliphatic heterocycles. The van der Waals surface area contributed by atoms with Crippen molar-refractivity contribution >= 4 is 11.6 Å². The van der Waals surface area contributed by atoms with Gasteiger partial charge in [-0.2, -0.15) is 0 Å². The molecule has 1 heterocycles. The summed E-state index contributed by atoms with van der Waals surface area (Å²) in [6.07, 6.45) is 0. The standard InChI is InChI=1S/C20H24FN3O/c1-16-4-2-7-19(14-16)24-12-10-23(11-13-24)9-8-22-20(25)17-5-3-6-18(21)15-17/h2-7,14-15H,8-13H2,1H3,(H,22,25). The predicted octanol–water partition coefficient (Wildman–Crippen LogP) is 2.69. The second-order valence-electron chi connectivity index (χ2n) is 6.43. The number of carbonyl (C=O) groups excluding carboxylic acids is 1. The van der Waals surface area contributed by atoms with Crippen LogP contribution in [0.15, 0.2) is 48.5 Å². The minimum Gasteiger partial charge on any atom is -0.369 e. The summed E-state index contributed by atoms with van der Waals surface area (Å²) in [5.74, 6) is -0.613. The number of nitrogens with zero attached hydrogens (tertiary/aromatic N) is 2. The highest BCUT2D eigenvalue weighted by atomic mass is 19.1. The van der Waals surface area contributed by atoms with Gasteiger partial charge in [-0.1, -0.05) is 18.2 Å². The Bertz CT molecular complexity index is 726. The first-order valence-electron chi connectivity index (χ1n) is 8.69. The van der Waals surface area contributed by atoms with Gasteiger partial charge < -0.3 is 10.2 Å². The first-order chi connectivity index (χ1) is 12.1. The molecule has 132 valence electrons. The maximum atomic E-state index is 13.1. The Morgan fingerprint density at radius 1 is 1.08 bits per heavy atom. The summed E-state index contributed by atoms with van der Waals surface area (Å²) in [5, 5.41) is 2.86. The van der Waals surface area contributed by atoms with Crippen molar-refractivity contribution in [2.45, 2.75) is 6.92 Å². The van der Waals surface area contributed by atoms with E-state index in [2.05, 4.69) is 46.3 Å². The fourth-order valence-electron chi connectivity index (χ4n) is 3.11. The molecular formula is C20H24FN3O. The van der Waals surface area contributed by atoms with Crippen molar-refractivity contribution in [1.82, 2.24) is 10.2 Å². The van der Waals surface area contributed by atoms with Crippen molar-refractivity contribution in [2.24, 2.45) is 0 Å². The van der Waals surface area contributed by atoms with Gasteiger partial charge in [0.25, 0.3) is 5.91 Å². The van der Waals surface area contributed by atoms with Crippen molar-refractivity contribution in [3.63, 3.8) is 0 Å². The van der Waals surface area contributed by atoms with Gasteiger partial charge in [-0.25, -0.2) is 4.39 Å². The summed E-state index contributed by atoms with van der Waals surface area (Å²) in [4.78, 5) is 16.7. The second-order valence-corrected chi connectivity index (χ2v) is 6.43. The van der Waals surface area contributed by atoms with Crippen molar-refractivity contribution < 1.29 is 9.18 Å². The van der Waals surface area contributed by atoms with Gasteiger partial charge in [0.05, 0.1) is 0 Å². The first-order valence-corrected chi connectivity index (χ1v) is 8.69. The first kappa shape index (κ1) is 17.4. The SMILES string of the molecule is Cc1cccc(N2CCN(CCNC(=O)c3cccc(F)c3)CC2)c1. The Morgan fingerprint density at radius 2 is 1.84 bits per heavy atom. The van der Waals surface area contributed by atoms with E-state index in [-0.39, 0.29) is 11.7 Å². The van der Waals surface area contributed by atoms with Crippen LogP contribution < -0.4 is 10.2 Å². The zero-order chi connectivity index (χ0) is 17.6. The topological polar surface area (TPSA) is 35.6 Å². The molecule has 3 rings (SSSR count). The van der Waals surface area contributed by atoms with Crippen LogP contribution in [0.1, 0.15) is 15.9 Å². The molecule has 2 aromatic carbocycles. The van der Waals surface area contributed by atoms with Crippen LogP contribution in [0.2, 0.25) is 0 Å². The lowest BCUT2D eigenvalue weighted by Crippen LogP contribution is -2.48. The molecule has 4 nitrogen and oxygen atoms in total. The normalized spacial score (nSPS) is 15.2. The summed E-state index contributed by atoms with van der Waals surface area (Å²) < 4.78 is 13.1. The van der Waals surface area contributed by atoms with E-state index in [1.807, 2.05) is 0 Å². The summed E-state index contributed by atoms with van der Waals surface area (Å²) in [6.45, 7) is 7.42. The van der Waals surface area contributed by atoms with Crippen molar-refractivity contribution in [3.8, 4) is 0 Å². The maximum absolute atomic E-state index is 13.1. The van der Waals surface area contributed by atoms with Gasteiger partial charge in [0, 0.05) is 50.5 Å². The molecule has 0 bridgehead atoms. The van der Waals surface area contributed by atoms with Crippen LogP contribution in [-0.2, 0) is 0 Å². The molecular weight excluding hydrogens is 317 g/mol. The zero-order valence-electron chi connectivity index (χ0n) is 14.5. The fourth-order valence-corrected chi connectivity index (χ4v) is 3.11. The molecule has 1 aliphatic rings. The largest absolute Gasteiger partial charge is 0.369 e. The molecule has 1 fully saturated rings. The van der Waals surface area contributed by atoms with Gasteiger partial charge in [0.1, 0.15) is 5.82 Å². The number of anilines is 1. The van der Waals surface area contributed by atoms with Gasteiger partial charge in [0.2, 0.25) is 0 Å². The minimum absolute atomic E-state index is 0.224. The van der Waals surface area contributed by atoms with E-state index in [0.717, 1.165) is 32.7 Å². The van der Waals surface area contributed by atoms with Crippen LogP contribution in [0.25, 0.3) is 0 Å². The van der Waals surface area contributed by atoms with Gasteiger partial charge in [-0.05, 0) is 42.8 Å². The van der Waals surface area contributed by atoms with E-state index in [9.17, 15) is 9.18 Å². The third-order valence-corrected chi connectivity index (χ3v) is 4.54. The van der Waals surface area contributed by atoms with Crippen molar-refractivity contribution in [3.05, 3.63) is 65.5 Å². The molecule has 0 radical (unpaired) electrons.